The van der Waals surface area contributed by atoms with Crippen LogP contribution in [0.4, 0.5) is 5.69 Å². The summed E-state index contributed by atoms with van der Waals surface area (Å²) in [6, 6.07) is 7.62. The van der Waals surface area contributed by atoms with Gasteiger partial charge in [-0.1, -0.05) is 13.8 Å². The van der Waals surface area contributed by atoms with Crippen LogP contribution in [0.3, 0.4) is 0 Å². The molecule has 0 aliphatic carbocycles. The van der Waals surface area contributed by atoms with Crippen molar-refractivity contribution in [3.63, 3.8) is 0 Å². The smallest absolute Gasteiger partial charge is 0.310 e. The Kier molecular flexibility index (Phi) is 4.42. The van der Waals surface area contributed by atoms with Gasteiger partial charge in [0, 0.05) is 30.8 Å². The van der Waals surface area contributed by atoms with Crippen LogP contribution in [0.5, 0.6) is 0 Å². The van der Waals surface area contributed by atoms with Crippen LogP contribution in [-0.2, 0) is 9.53 Å². The first-order chi connectivity index (χ1) is 9.56. The van der Waals surface area contributed by atoms with Crippen molar-refractivity contribution in [1.29, 1.82) is 0 Å². The second-order valence-electron chi connectivity index (χ2n) is 5.34. The van der Waals surface area contributed by atoms with E-state index in [1.54, 1.807) is 0 Å². The lowest BCUT2D eigenvalue weighted by atomic mass is 9.99. The highest BCUT2D eigenvalue weighted by Gasteiger charge is 2.35. The third kappa shape index (κ3) is 2.84. The number of Topliss-reactive ketones (excluding diaryl/α,β-unsaturated/α-hetero) is 1. The van der Waals surface area contributed by atoms with E-state index >= 15 is 0 Å². The first kappa shape index (κ1) is 14.6. The first-order valence-electron chi connectivity index (χ1n) is 7.02. The molecule has 20 heavy (non-hydrogen) atoms. The summed E-state index contributed by atoms with van der Waals surface area (Å²) in [6.07, 6.45) is 0.518. The quantitative estimate of drug-likeness (QED) is 0.626. The first-order valence-corrected chi connectivity index (χ1v) is 7.02. The lowest BCUT2D eigenvalue weighted by Gasteiger charge is -2.18. The number of ketones is 1. The van der Waals surface area contributed by atoms with Crippen LogP contribution in [0.2, 0.25) is 0 Å². The van der Waals surface area contributed by atoms with Gasteiger partial charge in [0.25, 0.3) is 0 Å². The van der Waals surface area contributed by atoms with Gasteiger partial charge in [-0.05, 0) is 30.2 Å². The zero-order chi connectivity index (χ0) is 14.7. The molecule has 0 N–H and O–H groups in total. The average molecular weight is 275 g/mol. The van der Waals surface area contributed by atoms with E-state index in [0.29, 0.717) is 13.0 Å². The molecule has 4 nitrogen and oxygen atoms in total. The largest absolute Gasteiger partial charge is 0.469 e. The Morgan fingerprint density at radius 3 is 2.45 bits per heavy atom. The predicted molar refractivity (Wildman–Crippen MR) is 77.9 cm³/mol. The van der Waals surface area contributed by atoms with Gasteiger partial charge in [-0.25, -0.2) is 0 Å². The molecule has 1 aromatic carbocycles. The van der Waals surface area contributed by atoms with Gasteiger partial charge in [0.1, 0.15) is 0 Å². The Balaban J connectivity index is 2.10. The molecule has 0 amide bonds. The fourth-order valence-electron chi connectivity index (χ4n) is 2.70. The fourth-order valence-corrected chi connectivity index (χ4v) is 2.70. The van der Waals surface area contributed by atoms with Crippen molar-refractivity contribution in [3.8, 4) is 0 Å². The molecule has 1 saturated heterocycles. The number of methoxy groups -OCH3 is 1. The summed E-state index contributed by atoms with van der Waals surface area (Å²) in [5.74, 6) is 0.216. The molecule has 4 heteroatoms. The molecule has 1 aromatic rings. The van der Waals surface area contributed by atoms with Crippen LogP contribution in [0.25, 0.3) is 0 Å². The average Bonchev–Trinajstić information content (AvgIpc) is 2.87. The van der Waals surface area contributed by atoms with Gasteiger partial charge < -0.3 is 9.64 Å². The minimum Gasteiger partial charge on any atom is -0.469 e. The van der Waals surface area contributed by atoms with E-state index in [4.69, 9.17) is 4.74 Å². The molecule has 0 aromatic heterocycles. The van der Waals surface area contributed by atoms with Gasteiger partial charge in [-0.3, -0.25) is 9.59 Å². The van der Waals surface area contributed by atoms with E-state index in [0.717, 1.165) is 17.8 Å². The number of anilines is 1. The number of carbonyl (C=O) groups is 2. The van der Waals surface area contributed by atoms with E-state index in [1.165, 1.54) is 7.11 Å². The zero-order valence-corrected chi connectivity index (χ0v) is 12.3. The predicted octanol–water partition coefficient (Wildman–Crippen LogP) is 2.52. The standard InChI is InChI=1S/C16H21NO3/c1-4-15(18)12-5-7-13(8-6-12)17-9-11(2)14(10-17)16(19)20-3/h5-8,11,14H,4,9-10H2,1-3H3. The molecule has 108 valence electrons. The minimum absolute atomic E-state index is 0.0723. The number of esters is 1. The summed E-state index contributed by atoms with van der Waals surface area (Å²) in [5, 5.41) is 0. The molecule has 0 spiro atoms. The van der Waals surface area contributed by atoms with E-state index in [1.807, 2.05) is 31.2 Å². The lowest BCUT2D eigenvalue weighted by molar-refractivity contribution is -0.145. The molecule has 1 fully saturated rings. The molecule has 2 atom stereocenters. The van der Waals surface area contributed by atoms with Crippen molar-refractivity contribution in [2.75, 3.05) is 25.1 Å². The maximum atomic E-state index is 11.7. The molecular weight excluding hydrogens is 254 g/mol. The Hall–Kier alpha value is -1.84. The van der Waals surface area contributed by atoms with Gasteiger partial charge in [0.2, 0.25) is 0 Å². The maximum absolute atomic E-state index is 11.7. The number of rotatable bonds is 4. The summed E-state index contributed by atoms with van der Waals surface area (Å²) >= 11 is 0. The molecule has 0 bridgehead atoms. The third-order valence-corrected chi connectivity index (χ3v) is 3.99. The molecule has 0 radical (unpaired) electrons. The summed E-state index contributed by atoms with van der Waals surface area (Å²) in [5.41, 5.74) is 1.80. The topological polar surface area (TPSA) is 46.6 Å². The van der Waals surface area contributed by atoms with Crippen LogP contribution in [0.1, 0.15) is 30.6 Å². The van der Waals surface area contributed by atoms with Crippen molar-refractivity contribution in [1.82, 2.24) is 0 Å². The monoisotopic (exact) mass is 275 g/mol. The van der Waals surface area contributed by atoms with Gasteiger partial charge >= 0.3 is 5.97 Å². The van der Waals surface area contributed by atoms with Gasteiger partial charge in [-0.15, -0.1) is 0 Å². The normalized spacial score (nSPS) is 21.9. The highest BCUT2D eigenvalue weighted by Crippen LogP contribution is 2.29. The van der Waals surface area contributed by atoms with Gasteiger partial charge in [-0.2, -0.15) is 0 Å². The number of carbonyl (C=O) groups excluding carboxylic acids is 2. The van der Waals surface area contributed by atoms with Crippen molar-refractivity contribution in [2.24, 2.45) is 11.8 Å². The van der Waals surface area contributed by atoms with Crippen molar-refractivity contribution in [3.05, 3.63) is 29.8 Å². The molecule has 1 aliphatic rings. The second kappa shape index (κ2) is 6.07. The number of hydrogen-bond acceptors (Lipinski definition) is 4. The maximum Gasteiger partial charge on any atom is 0.310 e. The SMILES string of the molecule is CCC(=O)c1ccc(N2CC(C)C(C(=O)OC)C2)cc1. The van der Waals surface area contributed by atoms with Gasteiger partial charge in [0.15, 0.2) is 5.78 Å². The summed E-state index contributed by atoms with van der Waals surface area (Å²) in [6.45, 7) is 5.44. The van der Waals surface area contributed by atoms with Crippen LogP contribution < -0.4 is 4.90 Å². The third-order valence-electron chi connectivity index (χ3n) is 3.99. The lowest BCUT2D eigenvalue weighted by Crippen LogP contribution is -2.24. The molecule has 2 unspecified atom stereocenters. The van der Waals surface area contributed by atoms with E-state index < -0.39 is 0 Å². The highest BCUT2D eigenvalue weighted by molar-refractivity contribution is 5.96. The fraction of sp³-hybridized carbons (Fsp3) is 0.500. The molecule has 1 aliphatic heterocycles. The van der Waals surface area contributed by atoms with Crippen LogP contribution in [-0.4, -0.2) is 32.0 Å². The Bertz CT molecular complexity index is 495. The van der Waals surface area contributed by atoms with Gasteiger partial charge in [0.05, 0.1) is 13.0 Å². The van der Waals surface area contributed by atoms with E-state index in [-0.39, 0.29) is 23.6 Å². The number of ether oxygens (including phenoxy) is 1. The van der Waals surface area contributed by atoms with Crippen molar-refractivity contribution < 1.29 is 14.3 Å². The summed E-state index contributed by atoms with van der Waals surface area (Å²) in [4.78, 5) is 25.5. The van der Waals surface area contributed by atoms with Crippen molar-refractivity contribution in [2.45, 2.75) is 20.3 Å². The Morgan fingerprint density at radius 2 is 1.90 bits per heavy atom. The number of hydrogen-bond donors (Lipinski definition) is 0. The molecule has 1 heterocycles. The number of benzene rings is 1. The van der Waals surface area contributed by atoms with Crippen LogP contribution in [0, 0.1) is 11.8 Å². The Labute approximate surface area is 119 Å². The summed E-state index contributed by atoms with van der Waals surface area (Å²) in [7, 11) is 1.43. The minimum atomic E-state index is -0.141. The highest BCUT2D eigenvalue weighted by atomic mass is 16.5. The zero-order valence-electron chi connectivity index (χ0n) is 12.3. The summed E-state index contributed by atoms with van der Waals surface area (Å²) < 4.78 is 4.84. The van der Waals surface area contributed by atoms with Crippen molar-refractivity contribution >= 4 is 17.4 Å². The molecular formula is C16H21NO3. The molecule has 2 rings (SSSR count). The van der Waals surface area contributed by atoms with E-state index in [2.05, 4.69) is 11.8 Å². The second-order valence-corrected chi connectivity index (χ2v) is 5.34. The van der Waals surface area contributed by atoms with E-state index in [9.17, 15) is 9.59 Å². The van der Waals surface area contributed by atoms with Crippen LogP contribution in [0.15, 0.2) is 24.3 Å². The Morgan fingerprint density at radius 1 is 1.25 bits per heavy atom. The number of nitrogens with zero attached hydrogens (tertiary/aromatic N) is 1. The molecule has 0 saturated carbocycles. The van der Waals surface area contributed by atoms with Crippen LogP contribution >= 0.6 is 0 Å².